The molecule has 0 fully saturated rings. The van der Waals surface area contributed by atoms with Gasteiger partial charge in [-0.2, -0.15) is 5.57 Å². The second-order valence-electron chi connectivity index (χ2n) is 7.22. The van der Waals surface area contributed by atoms with Crippen molar-refractivity contribution in [3.05, 3.63) is 126 Å². The molecule has 0 N–H and O–H groups in total. The third-order valence-electron chi connectivity index (χ3n) is 4.97. The van der Waals surface area contributed by atoms with Gasteiger partial charge in [-0.25, -0.2) is 4.98 Å². The zero-order chi connectivity index (χ0) is 35.1. The third-order valence-corrected chi connectivity index (χ3v) is 6.32. The largest absolute Gasteiger partial charge is 0.351 e. The summed E-state index contributed by atoms with van der Waals surface area (Å²) in [5.74, 6) is -0.289. The van der Waals surface area contributed by atoms with Gasteiger partial charge in [0, 0.05) is 63.0 Å². The Morgan fingerprint density at radius 2 is 1.97 bits per heavy atom. The minimum Gasteiger partial charge on any atom is -0.351 e. The maximum absolute atomic E-state index is 8.05. The van der Waals surface area contributed by atoms with Crippen molar-refractivity contribution >= 4 is 17.3 Å². The first-order valence-corrected chi connectivity index (χ1v) is 11.0. The van der Waals surface area contributed by atoms with E-state index in [2.05, 4.69) is 27.6 Å². The molecule has 3 nitrogen and oxygen atoms in total. The Bertz CT molecular complexity index is 1750. The monoisotopic (exact) mass is 667 g/mol. The fourth-order valence-electron chi connectivity index (χ4n) is 3.30. The summed E-state index contributed by atoms with van der Waals surface area (Å²) in [5.41, 5.74) is 2.46. The molecule has 1 aliphatic heterocycles. The van der Waals surface area contributed by atoms with Crippen LogP contribution in [0.4, 0.5) is 0 Å². The molecule has 0 spiro atoms. The van der Waals surface area contributed by atoms with E-state index in [-0.39, 0.29) is 60.2 Å². The van der Waals surface area contributed by atoms with Crippen LogP contribution in [0.15, 0.2) is 90.6 Å². The van der Waals surface area contributed by atoms with Crippen LogP contribution >= 0.6 is 11.8 Å². The first-order valence-electron chi connectivity index (χ1n) is 16.6. The zero-order valence-corrected chi connectivity index (χ0v) is 21.4. The Balaban J connectivity index is 0.000000266. The Hall–Kier alpha value is -2.85. The first kappa shape index (κ1) is 14.0. The fraction of sp³-hybridized carbons (Fsp3) is 0.167. The molecular weight excluding hydrogens is 627 g/mol. The van der Waals surface area contributed by atoms with E-state index in [9.17, 15) is 0 Å². The van der Waals surface area contributed by atoms with Crippen molar-refractivity contribution in [2.45, 2.75) is 36.7 Å². The number of aryl methyl sites for hydroxylation is 3. The van der Waals surface area contributed by atoms with E-state index in [1.54, 1.807) is 24.3 Å². The van der Waals surface area contributed by atoms with E-state index < -0.39 is 44.1 Å². The van der Waals surface area contributed by atoms with Crippen LogP contribution in [-0.4, -0.2) is 20.2 Å². The summed E-state index contributed by atoms with van der Waals surface area (Å²) in [7, 11) is 0. The van der Waals surface area contributed by atoms with Crippen molar-refractivity contribution in [3.8, 4) is 11.3 Å². The van der Waals surface area contributed by atoms with Gasteiger partial charge in [0.05, 0.1) is 4.11 Å². The van der Waals surface area contributed by atoms with Crippen molar-refractivity contribution in [2.24, 2.45) is 0 Å². The minimum atomic E-state index is -2.33. The van der Waals surface area contributed by atoms with Crippen LogP contribution in [0, 0.1) is 33.2 Å². The average Bonchev–Trinajstić information content (AvgIpc) is 3.39. The number of pyridine rings is 3. The SMILES string of the molecule is [2H]C([2H])([2H])c1c[c-]c(-c2ccc(C([2H])([2H])[2H])cn2)cc1.[2H]c1nc(C(=[CH-])C2Sc3nc(C([2H])([2H])[2H])ccc3C2C=C)c([2H])c([2H])c1[2H].[Ir]. The first-order chi connectivity index (χ1) is 21.7. The molecule has 1 aromatic carbocycles. The smallest absolute Gasteiger partial charge is 0.101 e. The van der Waals surface area contributed by atoms with Gasteiger partial charge in [0.2, 0.25) is 0 Å². The van der Waals surface area contributed by atoms with Crippen molar-refractivity contribution in [1.29, 1.82) is 0 Å². The van der Waals surface area contributed by atoms with E-state index in [1.807, 2.05) is 0 Å². The molecule has 0 amide bonds. The number of hydrogen-bond donors (Lipinski definition) is 0. The summed E-state index contributed by atoms with van der Waals surface area (Å²) < 4.78 is 97.3. The van der Waals surface area contributed by atoms with Gasteiger partial charge in [0.25, 0.3) is 0 Å². The molecule has 5 heteroatoms. The normalized spacial score (nSPS) is 22.2. The second kappa shape index (κ2) is 12.2. The van der Waals surface area contributed by atoms with E-state index in [0.29, 0.717) is 16.3 Å². The molecule has 179 valence electrons. The fourth-order valence-corrected chi connectivity index (χ4v) is 4.68. The summed E-state index contributed by atoms with van der Waals surface area (Å²) >= 11 is 1.24. The van der Waals surface area contributed by atoms with Crippen molar-refractivity contribution in [1.82, 2.24) is 15.0 Å². The molecular formula is C30H27IrN3S-2. The molecule has 0 saturated heterocycles. The van der Waals surface area contributed by atoms with Gasteiger partial charge in [0.15, 0.2) is 0 Å². The van der Waals surface area contributed by atoms with Crippen LogP contribution in [0.2, 0.25) is 0 Å². The zero-order valence-electron chi connectivity index (χ0n) is 31.2. The van der Waals surface area contributed by atoms with Crippen molar-refractivity contribution in [2.75, 3.05) is 0 Å². The molecule has 2 atom stereocenters. The molecule has 0 aliphatic carbocycles. The summed E-state index contributed by atoms with van der Waals surface area (Å²) in [6.45, 7) is 3.41. The second-order valence-corrected chi connectivity index (χ2v) is 8.35. The summed E-state index contributed by atoms with van der Waals surface area (Å²) in [5, 5.41) is 0.0612. The average molecular weight is 667 g/mol. The molecule has 1 radical (unpaired) electrons. The molecule has 4 aromatic rings. The summed E-state index contributed by atoms with van der Waals surface area (Å²) in [6, 6.07) is 12.4. The number of thioether (sulfide) groups is 1. The quantitative estimate of drug-likeness (QED) is 0.171. The van der Waals surface area contributed by atoms with Gasteiger partial charge in [-0.05, 0) is 42.6 Å². The third kappa shape index (κ3) is 6.43. The van der Waals surface area contributed by atoms with Crippen LogP contribution in [-0.2, 0) is 20.1 Å². The number of benzene rings is 1. The van der Waals surface area contributed by atoms with Crippen LogP contribution in [0.5, 0.6) is 0 Å². The van der Waals surface area contributed by atoms with E-state index >= 15 is 0 Å². The molecule has 1 aliphatic rings. The van der Waals surface area contributed by atoms with E-state index in [1.165, 1.54) is 42.2 Å². The molecule has 2 unspecified atom stereocenters. The van der Waals surface area contributed by atoms with Gasteiger partial charge >= 0.3 is 0 Å². The van der Waals surface area contributed by atoms with Gasteiger partial charge < -0.3 is 9.97 Å². The van der Waals surface area contributed by atoms with Crippen LogP contribution in [0.1, 0.15) is 51.8 Å². The Morgan fingerprint density at radius 3 is 2.66 bits per heavy atom. The predicted molar refractivity (Wildman–Crippen MR) is 141 cm³/mol. The predicted octanol–water partition coefficient (Wildman–Crippen LogP) is 7.21. The maximum atomic E-state index is 8.05. The summed E-state index contributed by atoms with van der Waals surface area (Å²) in [4.78, 5) is 12.2. The molecule has 0 bridgehead atoms. The Morgan fingerprint density at radius 1 is 1.11 bits per heavy atom. The molecule has 5 rings (SSSR count). The van der Waals surface area contributed by atoms with Crippen molar-refractivity contribution in [3.63, 3.8) is 0 Å². The van der Waals surface area contributed by atoms with E-state index in [0.717, 1.165) is 5.56 Å². The molecule has 3 aromatic heterocycles. The number of nitrogens with zero attached hydrogens (tertiary/aromatic N) is 3. The number of hydrogen-bond acceptors (Lipinski definition) is 4. The summed E-state index contributed by atoms with van der Waals surface area (Å²) in [6.07, 6.45) is 2.54. The van der Waals surface area contributed by atoms with E-state index in [4.69, 9.17) is 24.4 Å². The Labute approximate surface area is 244 Å². The topological polar surface area (TPSA) is 38.7 Å². The number of rotatable bonds is 4. The van der Waals surface area contributed by atoms with Crippen molar-refractivity contribution < 1.29 is 37.9 Å². The van der Waals surface area contributed by atoms with Gasteiger partial charge in [-0.3, -0.25) is 6.58 Å². The number of allylic oxidation sites excluding steroid dienone is 1. The standard InChI is InChI=1S/C17H15N2S.C13H12N.Ir/c1-4-13-14-9-8-11(2)19-17(14)20-16(13)12(3)15-7-5-6-10-18-15;1-10-3-6-12(7-4-10)13-8-5-11(2)9-14-13;/h3-10,13,16H,1H2,2H3;3-6,8-9H,1-2H3;/q2*-1;/i2D3,5D,6D,7D,10D;1D3,2D3;. The number of aromatic nitrogens is 3. The van der Waals surface area contributed by atoms with Gasteiger partial charge in [-0.15, -0.1) is 59.8 Å². The Kier molecular flexibility index (Phi) is 4.90. The molecule has 35 heavy (non-hydrogen) atoms. The van der Waals surface area contributed by atoms with Crippen LogP contribution in [0.25, 0.3) is 16.8 Å². The van der Waals surface area contributed by atoms with Crippen LogP contribution < -0.4 is 0 Å². The maximum Gasteiger partial charge on any atom is 0.101 e. The molecule has 0 saturated carbocycles. The van der Waals surface area contributed by atoms with Crippen LogP contribution in [0.3, 0.4) is 0 Å². The van der Waals surface area contributed by atoms with Gasteiger partial charge in [-0.1, -0.05) is 42.9 Å². The number of fused-ring (bicyclic) bond motifs is 1. The van der Waals surface area contributed by atoms with Gasteiger partial charge in [0.1, 0.15) is 5.03 Å². The molecule has 4 heterocycles. The minimum absolute atomic E-state index is 0.